The van der Waals surface area contributed by atoms with E-state index in [9.17, 15) is 9.59 Å². The van der Waals surface area contributed by atoms with Crippen LogP contribution in [-0.4, -0.2) is 30.1 Å². The normalized spacial score (nSPS) is 11.2. The smallest absolute Gasteiger partial charge is 0.340 e. The molecule has 4 aromatic rings. The van der Waals surface area contributed by atoms with Gasteiger partial charge in [0.05, 0.1) is 17.0 Å². The Labute approximate surface area is 154 Å². The lowest BCUT2D eigenvalue weighted by Gasteiger charge is -2.07. The van der Waals surface area contributed by atoms with Crippen molar-refractivity contribution < 1.29 is 9.53 Å². The predicted octanol–water partition coefficient (Wildman–Crippen LogP) is 1.95. The van der Waals surface area contributed by atoms with Gasteiger partial charge in [-0.1, -0.05) is 0 Å². The van der Waals surface area contributed by atoms with Crippen molar-refractivity contribution in [2.45, 2.75) is 20.5 Å². The third kappa shape index (κ3) is 3.05. The minimum atomic E-state index is -0.529. The van der Waals surface area contributed by atoms with Crippen LogP contribution in [0.2, 0.25) is 0 Å². The Hall–Kier alpha value is -3.55. The third-order valence-electron chi connectivity index (χ3n) is 4.33. The number of pyridine rings is 2. The number of fused-ring (bicyclic) bond motifs is 2. The van der Waals surface area contributed by atoms with Crippen LogP contribution in [0.5, 0.6) is 0 Å². The lowest BCUT2D eigenvalue weighted by molar-refractivity contribution is 0.0467. The maximum Gasteiger partial charge on any atom is 0.340 e. The van der Waals surface area contributed by atoms with Gasteiger partial charge in [-0.25, -0.2) is 14.8 Å². The fraction of sp³-hybridized carbons (Fsp3) is 0.211. The second-order valence-electron chi connectivity index (χ2n) is 6.40. The molecule has 0 N–H and O–H groups in total. The Morgan fingerprint density at radius 1 is 1.22 bits per heavy atom. The van der Waals surface area contributed by atoms with E-state index in [0.717, 1.165) is 16.6 Å². The largest absolute Gasteiger partial charge is 0.456 e. The van der Waals surface area contributed by atoms with E-state index in [4.69, 9.17) is 4.74 Å². The summed E-state index contributed by atoms with van der Waals surface area (Å²) in [6.45, 7) is 3.68. The van der Waals surface area contributed by atoms with Gasteiger partial charge in [-0.05, 0) is 37.6 Å². The van der Waals surface area contributed by atoms with Gasteiger partial charge in [0.2, 0.25) is 0 Å². The lowest BCUT2D eigenvalue weighted by Crippen LogP contribution is -2.16. The van der Waals surface area contributed by atoms with Crippen LogP contribution in [0.4, 0.5) is 0 Å². The summed E-state index contributed by atoms with van der Waals surface area (Å²) in [5.74, 6) is -0.529. The quantitative estimate of drug-likeness (QED) is 0.517. The molecule has 0 saturated heterocycles. The molecule has 0 bridgehead atoms. The Bertz CT molecular complexity index is 1260. The number of carbonyl (C=O) groups excluding carboxylic acids is 1. The number of aromatic nitrogens is 5. The average molecular weight is 363 g/mol. The fourth-order valence-electron chi connectivity index (χ4n) is 2.97. The first-order chi connectivity index (χ1) is 12.9. The van der Waals surface area contributed by atoms with E-state index < -0.39 is 5.97 Å². The molecule has 0 aliphatic carbocycles. The number of ether oxygens (including phenoxy) is 1. The highest BCUT2D eigenvalue weighted by Crippen LogP contribution is 2.17. The maximum absolute atomic E-state index is 12.4. The van der Waals surface area contributed by atoms with E-state index >= 15 is 0 Å². The molecule has 0 unspecified atom stereocenters. The van der Waals surface area contributed by atoms with E-state index in [1.165, 1.54) is 16.7 Å². The minimum Gasteiger partial charge on any atom is -0.456 e. The predicted molar refractivity (Wildman–Crippen MR) is 98.6 cm³/mol. The van der Waals surface area contributed by atoms with E-state index in [1.54, 1.807) is 30.1 Å². The van der Waals surface area contributed by atoms with Gasteiger partial charge in [-0.2, -0.15) is 5.10 Å². The summed E-state index contributed by atoms with van der Waals surface area (Å²) in [4.78, 5) is 33.2. The number of nitrogens with zero attached hydrogens (tertiary/aromatic N) is 5. The molecule has 8 heteroatoms. The summed E-state index contributed by atoms with van der Waals surface area (Å²) in [7, 11) is 1.80. The van der Waals surface area contributed by atoms with Gasteiger partial charge < -0.3 is 4.74 Å². The molecule has 0 aromatic carbocycles. The van der Waals surface area contributed by atoms with Gasteiger partial charge in [0.1, 0.15) is 12.3 Å². The molecule has 8 nitrogen and oxygen atoms in total. The second-order valence-corrected chi connectivity index (χ2v) is 6.40. The number of aryl methyl sites for hydroxylation is 3. The Morgan fingerprint density at radius 3 is 2.85 bits per heavy atom. The molecule has 0 fully saturated rings. The molecule has 27 heavy (non-hydrogen) atoms. The zero-order valence-corrected chi connectivity index (χ0v) is 15.1. The topological polar surface area (TPSA) is 91.4 Å². The molecule has 0 atom stereocenters. The average Bonchev–Trinajstić information content (AvgIpc) is 2.93. The molecule has 0 radical (unpaired) electrons. The van der Waals surface area contributed by atoms with Gasteiger partial charge in [0.25, 0.3) is 5.56 Å². The number of hydrogen-bond acceptors (Lipinski definition) is 6. The van der Waals surface area contributed by atoms with Crippen molar-refractivity contribution in [3.05, 3.63) is 69.5 Å². The highest BCUT2D eigenvalue weighted by Gasteiger charge is 2.14. The molecule has 4 rings (SSSR count). The maximum atomic E-state index is 12.4. The molecule has 136 valence electrons. The molecule has 0 spiro atoms. The third-order valence-corrected chi connectivity index (χ3v) is 4.33. The molecule has 4 heterocycles. The van der Waals surface area contributed by atoms with Gasteiger partial charge in [0, 0.05) is 30.9 Å². The molecule has 0 amide bonds. The monoisotopic (exact) mass is 363 g/mol. The summed E-state index contributed by atoms with van der Waals surface area (Å²) in [5, 5.41) is 5.08. The van der Waals surface area contributed by atoms with Crippen molar-refractivity contribution >= 4 is 22.6 Å². The first-order valence-corrected chi connectivity index (χ1v) is 8.38. The molecule has 0 aliphatic heterocycles. The summed E-state index contributed by atoms with van der Waals surface area (Å²) in [6.07, 6.45) is 3.13. The number of esters is 1. The van der Waals surface area contributed by atoms with Crippen LogP contribution < -0.4 is 5.56 Å². The SMILES string of the molecule is Cc1ccn2c(=O)cc(COC(=O)c3cnc4c(c3)c(C)nn4C)nc2c1. The summed E-state index contributed by atoms with van der Waals surface area (Å²) >= 11 is 0. The van der Waals surface area contributed by atoms with Crippen molar-refractivity contribution in [3.8, 4) is 0 Å². The van der Waals surface area contributed by atoms with Crippen LogP contribution in [0.3, 0.4) is 0 Å². The molecular formula is C19H17N5O3. The highest BCUT2D eigenvalue weighted by molar-refractivity contribution is 5.93. The minimum absolute atomic E-state index is 0.0947. The summed E-state index contributed by atoms with van der Waals surface area (Å²) < 4.78 is 8.43. The summed E-state index contributed by atoms with van der Waals surface area (Å²) in [6, 6.07) is 6.70. The zero-order valence-electron chi connectivity index (χ0n) is 15.1. The number of hydrogen-bond donors (Lipinski definition) is 0. The van der Waals surface area contributed by atoms with Crippen molar-refractivity contribution in [3.63, 3.8) is 0 Å². The zero-order chi connectivity index (χ0) is 19.1. The van der Waals surface area contributed by atoms with Crippen molar-refractivity contribution in [2.24, 2.45) is 7.05 Å². The fourth-order valence-corrected chi connectivity index (χ4v) is 2.97. The lowest BCUT2D eigenvalue weighted by atomic mass is 10.2. The van der Waals surface area contributed by atoms with Gasteiger partial charge in [-0.15, -0.1) is 0 Å². The van der Waals surface area contributed by atoms with Gasteiger partial charge in [-0.3, -0.25) is 13.9 Å². The molecule has 0 aliphatic rings. The van der Waals surface area contributed by atoms with Crippen LogP contribution in [0.1, 0.15) is 27.3 Å². The van der Waals surface area contributed by atoms with Crippen molar-refractivity contribution in [2.75, 3.05) is 0 Å². The summed E-state index contributed by atoms with van der Waals surface area (Å²) in [5.41, 5.74) is 3.49. The van der Waals surface area contributed by atoms with E-state index in [-0.39, 0.29) is 12.2 Å². The van der Waals surface area contributed by atoms with Crippen molar-refractivity contribution in [1.29, 1.82) is 0 Å². The van der Waals surface area contributed by atoms with Crippen LogP contribution >= 0.6 is 0 Å². The molecule has 4 aromatic heterocycles. The first-order valence-electron chi connectivity index (χ1n) is 8.38. The Morgan fingerprint density at radius 2 is 2.04 bits per heavy atom. The molecular weight excluding hydrogens is 346 g/mol. The second kappa shape index (κ2) is 6.31. The van der Waals surface area contributed by atoms with Gasteiger partial charge >= 0.3 is 5.97 Å². The van der Waals surface area contributed by atoms with Crippen LogP contribution in [0, 0.1) is 13.8 Å². The van der Waals surface area contributed by atoms with Crippen molar-refractivity contribution in [1.82, 2.24) is 24.1 Å². The number of carbonyl (C=O) groups is 1. The highest BCUT2D eigenvalue weighted by atomic mass is 16.5. The Balaban J connectivity index is 1.58. The van der Waals surface area contributed by atoms with E-state index in [2.05, 4.69) is 15.1 Å². The van der Waals surface area contributed by atoms with E-state index in [0.29, 0.717) is 22.6 Å². The number of rotatable bonds is 3. The first kappa shape index (κ1) is 16.9. The van der Waals surface area contributed by atoms with Crippen LogP contribution in [-0.2, 0) is 18.4 Å². The molecule has 0 saturated carbocycles. The standard InChI is InChI=1S/C19H17N5O3/c1-11-4-5-24-16(6-11)21-14(8-17(24)25)10-27-19(26)13-7-15-12(2)22-23(3)18(15)20-9-13/h4-9H,10H2,1-3H3. The van der Waals surface area contributed by atoms with Gasteiger partial charge in [0.15, 0.2) is 5.65 Å². The van der Waals surface area contributed by atoms with E-state index in [1.807, 2.05) is 19.9 Å². The van der Waals surface area contributed by atoms with Crippen LogP contribution in [0.25, 0.3) is 16.7 Å². The van der Waals surface area contributed by atoms with Crippen LogP contribution in [0.15, 0.2) is 41.5 Å². The Kier molecular flexibility index (Phi) is 3.95.